The normalized spacial score (nSPS) is 9.38. The van der Waals surface area contributed by atoms with Crippen LogP contribution in [0.1, 0.15) is 0 Å². The standard InChI is InChI=1S/C11H11N5.C3H5Cl.ClH/c12-10-7-6-9(11(13)14-10)16-15-8-4-2-1-3-5-8;1-2-3-4;/h1-7H,(H4,12,13,14);2H,1,3H2;1H. The van der Waals surface area contributed by atoms with E-state index in [-0.39, 0.29) is 18.2 Å². The van der Waals surface area contributed by atoms with Gasteiger partial charge in [0.1, 0.15) is 11.5 Å². The van der Waals surface area contributed by atoms with Crippen molar-refractivity contribution >= 4 is 47.0 Å². The molecule has 0 spiro atoms. The van der Waals surface area contributed by atoms with Gasteiger partial charge < -0.3 is 11.5 Å². The van der Waals surface area contributed by atoms with Crippen LogP contribution in [0.3, 0.4) is 0 Å². The molecule has 0 saturated carbocycles. The molecule has 0 aliphatic carbocycles. The van der Waals surface area contributed by atoms with Crippen molar-refractivity contribution in [3.05, 3.63) is 55.1 Å². The lowest BCUT2D eigenvalue weighted by molar-refractivity contribution is 1.21. The summed E-state index contributed by atoms with van der Waals surface area (Å²) in [5, 5.41) is 8.03. The Hall–Kier alpha value is -2.11. The molecule has 1 aromatic heterocycles. The molecular weight excluding hydrogens is 309 g/mol. The van der Waals surface area contributed by atoms with Crippen LogP contribution in [0.2, 0.25) is 0 Å². The first kappa shape index (κ1) is 18.9. The molecule has 5 nitrogen and oxygen atoms in total. The van der Waals surface area contributed by atoms with Crippen molar-refractivity contribution in [2.45, 2.75) is 0 Å². The molecule has 0 bridgehead atoms. The third-order valence-corrected chi connectivity index (χ3v) is 2.28. The van der Waals surface area contributed by atoms with Crippen molar-refractivity contribution < 1.29 is 0 Å². The minimum absolute atomic E-state index is 0. The van der Waals surface area contributed by atoms with Gasteiger partial charge in [0.05, 0.1) is 5.69 Å². The van der Waals surface area contributed by atoms with Gasteiger partial charge >= 0.3 is 0 Å². The fourth-order valence-electron chi connectivity index (χ4n) is 1.17. The van der Waals surface area contributed by atoms with Gasteiger partial charge in [0.25, 0.3) is 0 Å². The summed E-state index contributed by atoms with van der Waals surface area (Å²) in [5.74, 6) is 1.20. The Bertz CT molecular complexity index is 573. The van der Waals surface area contributed by atoms with E-state index in [1.807, 2.05) is 30.3 Å². The van der Waals surface area contributed by atoms with Crippen LogP contribution >= 0.6 is 24.0 Å². The van der Waals surface area contributed by atoms with Gasteiger partial charge in [-0.1, -0.05) is 24.3 Å². The number of hydrogen-bond acceptors (Lipinski definition) is 5. The number of azo groups is 1. The molecule has 1 heterocycles. The van der Waals surface area contributed by atoms with Gasteiger partial charge in [-0.25, -0.2) is 4.98 Å². The second kappa shape index (κ2) is 10.7. The van der Waals surface area contributed by atoms with Crippen LogP contribution < -0.4 is 11.5 Å². The van der Waals surface area contributed by atoms with Crippen LogP contribution in [0.4, 0.5) is 23.0 Å². The van der Waals surface area contributed by atoms with Gasteiger partial charge in [0.2, 0.25) is 0 Å². The van der Waals surface area contributed by atoms with E-state index < -0.39 is 0 Å². The zero-order chi connectivity index (χ0) is 14.8. The Morgan fingerprint density at radius 2 is 1.71 bits per heavy atom. The Labute approximate surface area is 135 Å². The smallest absolute Gasteiger partial charge is 0.153 e. The third-order valence-electron chi connectivity index (χ3n) is 2.06. The Morgan fingerprint density at radius 3 is 2.24 bits per heavy atom. The van der Waals surface area contributed by atoms with Crippen molar-refractivity contribution in [1.29, 1.82) is 0 Å². The summed E-state index contributed by atoms with van der Waals surface area (Å²) in [4.78, 5) is 3.89. The molecule has 1 aromatic carbocycles. The van der Waals surface area contributed by atoms with Gasteiger partial charge in [-0.2, -0.15) is 5.11 Å². The topological polar surface area (TPSA) is 89.6 Å². The number of pyridine rings is 1. The molecule has 0 atom stereocenters. The quantitative estimate of drug-likeness (QED) is 0.494. The molecule has 21 heavy (non-hydrogen) atoms. The SMILES string of the molecule is C=CCCl.Cl.Nc1ccc(N=Nc2ccccc2)c(N)n1. The molecule has 2 rings (SSSR count). The molecule has 4 N–H and O–H groups in total. The van der Waals surface area contributed by atoms with Gasteiger partial charge in [0, 0.05) is 5.88 Å². The maximum absolute atomic E-state index is 5.64. The number of hydrogen-bond donors (Lipinski definition) is 2. The lowest BCUT2D eigenvalue weighted by Crippen LogP contribution is -1.95. The first-order chi connectivity index (χ1) is 9.67. The van der Waals surface area contributed by atoms with Crippen LogP contribution in [-0.4, -0.2) is 10.9 Å². The highest BCUT2D eigenvalue weighted by Crippen LogP contribution is 2.23. The molecule has 0 aliphatic rings. The number of aromatic nitrogens is 1. The van der Waals surface area contributed by atoms with Gasteiger partial charge in [-0.05, 0) is 24.3 Å². The van der Waals surface area contributed by atoms with Gasteiger partial charge in [0.15, 0.2) is 5.82 Å². The van der Waals surface area contributed by atoms with E-state index >= 15 is 0 Å². The first-order valence-corrected chi connectivity index (χ1v) is 6.36. The average Bonchev–Trinajstić information content (AvgIpc) is 2.48. The summed E-state index contributed by atoms with van der Waals surface area (Å²) in [6, 6.07) is 12.7. The average molecular weight is 326 g/mol. The second-order valence-electron chi connectivity index (χ2n) is 3.62. The summed E-state index contributed by atoms with van der Waals surface area (Å²) in [5.41, 5.74) is 12.4. The first-order valence-electron chi connectivity index (χ1n) is 5.83. The molecule has 0 radical (unpaired) electrons. The van der Waals surface area contributed by atoms with Gasteiger partial charge in [-0.15, -0.1) is 35.7 Å². The van der Waals surface area contributed by atoms with Crippen molar-refractivity contribution in [3.63, 3.8) is 0 Å². The van der Waals surface area contributed by atoms with Crippen LogP contribution in [0.25, 0.3) is 0 Å². The lowest BCUT2D eigenvalue weighted by Gasteiger charge is -1.98. The van der Waals surface area contributed by atoms with E-state index in [9.17, 15) is 0 Å². The number of allylic oxidation sites excluding steroid dienone is 1. The van der Waals surface area contributed by atoms with Crippen molar-refractivity contribution in [3.8, 4) is 0 Å². The molecular formula is C14H17Cl2N5. The monoisotopic (exact) mass is 325 g/mol. The van der Waals surface area contributed by atoms with Crippen LogP contribution in [0.5, 0.6) is 0 Å². The third kappa shape index (κ3) is 7.29. The fraction of sp³-hybridized carbons (Fsp3) is 0.0714. The maximum atomic E-state index is 5.64. The molecule has 7 heteroatoms. The number of halogens is 2. The number of anilines is 2. The predicted molar refractivity (Wildman–Crippen MR) is 91.8 cm³/mol. The maximum Gasteiger partial charge on any atom is 0.153 e. The summed E-state index contributed by atoms with van der Waals surface area (Å²) in [6.45, 7) is 3.35. The Morgan fingerprint density at radius 1 is 1.10 bits per heavy atom. The number of nitrogens with zero attached hydrogens (tertiary/aromatic N) is 3. The molecule has 2 aromatic rings. The zero-order valence-corrected chi connectivity index (χ0v) is 12.9. The highest BCUT2D eigenvalue weighted by Gasteiger charge is 1.98. The Kier molecular flexibility index (Phi) is 9.58. The molecule has 0 aliphatic heterocycles. The zero-order valence-electron chi connectivity index (χ0n) is 11.3. The minimum Gasteiger partial charge on any atom is -0.384 e. The highest BCUT2D eigenvalue weighted by atomic mass is 35.5. The molecule has 0 unspecified atom stereocenters. The lowest BCUT2D eigenvalue weighted by atomic mass is 10.3. The minimum atomic E-state index is 0. The van der Waals surface area contributed by atoms with E-state index in [2.05, 4.69) is 21.8 Å². The van der Waals surface area contributed by atoms with Crippen LogP contribution in [-0.2, 0) is 0 Å². The van der Waals surface area contributed by atoms with E-state index in [0.717, 1.165) is 5.69 Å². The second-order valence-corrected chi connectivity index (χ2v) is 3.93. The summed E-state index contributed by atoms with van der Waals surface area (Å²) >= 11 is 5.07. The van der Waals surface area contributed by atoms with Crippen molar-refractivity contribution in [2.24, 2.45) is 10.2 Å². The molecule has 0 fully saturated rings. The van der Waals surface area contributed by atoms with Crippen molar-refractivity contribution in [2.75, 3.05) is 17.3 Å². The number of nitrogen functional groups attached to an aromatic ring is 2. The Balaban J connectivity index is 0.000000715. The van der Waals surface area contributed by atoms with Crippen LogP contribution in [0.15, 0.2) is 65.3 Å². The fourth-order valence-corrected chi connectivity index (χ4v) is 1.17. The van der Waals surface area contributed by atoms with Crippen molar-refractivity contribution in [1.82, 2.24) is 4.98 Å². The molecule has 112 valence electrons. The van der Waals surface area contributed by atoms with Crippen LogP contribution in [0, 0.1) is 0 Å². The molecule has 0 amide bonds. The predicted octanol–water partition coefficient (Wildman–Crippen LogP) is 4.49. The number of rotatable bonds is 3. The highest BCUT2D eigenvalue weighted by molar-refractivity contribution is 6.18. The number of benzene rings is 1. The van der Waals surface area contributed by atoms with E-state index in [1.165, 1.54) is 0 Å². The van der Waals surface area contributed by atoms with E-state index in [0.29, 0.717) is 17.4 Å². The number of nitrogens with two attached hydrogens (primary N) is 2. The summed E-state index contributed by atoms with van der Waals surface area (Å²) in [7, 11) is 0. The summed E-state index contributed by atoms with van der Waals surface area (Å²) in [6.07, 6.45) is 1.64. The largest absolute Gasteiger partial charge is 0.384 e. The summed E-state index contributed by atoms with van der Waals surface area (Å²) < 4.78 is 0. The number of alkyl halides is 1. The van der Waals surface area contributed by atoms with E-state index in [1.54, 1.807) is 18.2 Å². The molecule has 0 saturated heterocycles. The van der Waals surface area contributed by atoms with Gasteiger partial charge in [-0.3, -0.25) is 0 Å². The van der Waals surface area contributed by atoms with E-state index in [4.69, 9.17) is 23.1 Å².